The highest BCUT2D eigenvalue weighted by Crippen LogP contribution is 2.31. The summed E-state index contributed by atoms with van der Waals surface area (Å²) in [5.41, 5.74) is 0. The van der Waals surface area contributed by atoms with Crippen LogP contribution in [0.5, 0.6) is 11.5 Å². The van der Waals surface area contributed by atoms with Crippen molar-refractivity contribution in [2.24, 2.45) is 0 Å². The fourth-order valence-corrected chi connectivity index (χ4v) is 4.23. The highest BCUT2D eigenvalue weighted by atomic mass is 16.6. The number of hydrogen-bond donors (Lipinski definition) is 1. The number of benzene rings is 1. The Labute approximate surface area is 166 Å². The minimum atomic E-state index is -0.607. The van der Waals surface area contributed by atoms with Crippen LogP contribution in [0.3, 0.4) is 0 Å². The molecule has 1 saturated carbocycles. The van der Waals surface area contributed by atoms with E-state index in [1.54, 1.807) is 0 Å². The van der Waals surface area contributed by atoms with Crippen molar-refractivity contribution in [1.82, 2.24) is 15.1 Å². The summed E-state index contributed by atoms with van der Waals surface area (Å²) in [5.74, 6) is 1.35. The third kappa shape index (κ3) is 4.09. The minimum Gasteiger partial charge on any atom is -0.485 e. The predicted molar refractivity (Wildman–Crippen MR) is 104 cm³/mol. The smallest absolute Gasteiger partial charge is 0.267 e. The zero-order valence-corrected chi connectivity index (χ0v) is 16.4. The Hall–Kier alpha value is -2.28. The standard InChI is InChI=1S/C21H29N3O4/c1-15(20(25)22-16-6-2-3-7-16)23-10-12-24(13-11-23)21(26)19-14-27-17-8-4-5-9-18(17)28-19/h4-5,8-9,15-16,19H,2-3,6-7,10-14H2,1H3,(H,22,25)/t15-,19-/m0/s1. The molecule has 7 nitrogen and oxygen atoms in total. The van der Waals surface area contributed by atoms with Gasteiger partial charge in [0.25, 0.3) is 5.91 Å². The second kappa shape index (κ2) is 8.39. The van der Waals surface area contributed by atoms with Crippen molar-refractivity contribution >= 4 is 11.8 Å². The van der Waals surface area contributed by atoms with Gasteiger partial charge in [0.15, 0.2) is 11.5 Å². The molecule has 152 valence electrons. The molecule has 2 heterocycles. The van der Waals surface area contributed by atoms with Crippen LogP contribution in [0.15, 0.2) is 24.3 Å². The fraction of sp³-hybridized carbons (Fsp3) is 0.619. The van der Waals surface area contributed by atoms with E-state index in [0.717, 1.165) is 12.8 Å². The van der Waals surface area contributed by atoms with Crippen LogP contribution < -0.4 is 14.8 Å². The summed E-state index contributed by atoms with van der Waals surface area (Å²) < 4.78 is 11.5. The van der Waals surface area contributed by atoms with E-state index in [9.17, 15) is 9.59 Å². The quantitative estimate of drug-likeness (QED) is 0.846. The van der Waals surface area contributed by atoms with Crippen molar-refractivity contribution in [3.63, 3.8) is 0 Å². The number of amides is 2. The fourth-order valence-electron chi connectivity index (χ4n) is 4.23. The molecule has 1 aliphatic carbocycles. The Morgan fingerprint density at radius 2 is 1.75 bits per heavy atom. The summed E-state index contributed by atoms with van der Waals surface area (Å²) in [6, 6.07) is 7.58. The van der Waals surface area contributed by atoms with Crippen LogP contribution in [-0.4, -0.2) is 72.6 Å². The third-order valence-corrected chi connectivity index (χ3v) is 6.04. The number of carbonyl (C=O) groups excluding carboxylic acids is 2. The zero-order valence-electron chi connectivity index (χ0n) is 16.4. The molecule has 2 fully saturated rings. The Morgan fingerprint density at radius 3 is 2.46 bits per heavy atom. The molecule has 1 aromatic carbocycles. The van der Waals surface area contributed by atoms with Gasteiger partial charge in [-0.25, -0.2) is 0 Å². The number of fused-ring (bicyclic) bond motifs is 1. The molecule has 0 aromatic heterocycles. The van der Waals surface area contributed by atoms with Gasteiger partial charge in [0.1, 0.15) is 6.61 Å². The highest BCUT2D eigenvalue weighted by molar-refractivity contribution is 5.83. The largest absolute Gasteiger partial charge is 0.485 e. The van der Waals surface area contributed by atoms with E-state index < -0.39 is 6.10 Å². The Kier molecular flexibility index (Phi) is 5.71. The first-order chi connectivity index (χ1) is 13.6. The summed E-state index contributed by atoms with van der Waals surface area (Å²) >= 11 is 0. The zero-order chi connectivity index (χ0) is 19.5. The van der Waals surface area contributed by atoms with Gasteiger partial charge < -0.3 is 19.7 Å². The second-order valence-corrected chi connectivity index (χ2v) is 7.89. The lowest BCUT2D eigenvalue weighted by atomic mass is 10.1. The van der Waals surface area contributed by atoms with Crippen molar-refractivity contribution in [2.75, 3.05) is 32.8 Å². The maximum Gasteiger partial charge on any atom is 0.267 e. The van der Waals surface area contributed by atoms with Gasteiger partial charge in [-0.3, -0.25) is 14.5 Å². The van der Waals surface area contributed by atoms with Crippen LogP contribution in [0.25, 0.3) is 0 Å². The molecule has 2 atom stereocenters. The number of nitrogens with one attached hydrogen (secondary N) is 1. The van der Waals surface area contributed by atoms with E-state index in [0.29, 0.717) is 43.7 Å². The topological polar surface area (TPSA) is 71.1 Å². The van der Waals surface area contributed by atoms with Gasteiger partial charge in [-0.15, -0.1) is 0 Å². The normalized spacial score (nSPS) is 24.0. The molecular formula is C21H29N3O4. The van der Waals surface area contributed by atoms with Crippen molar-refractivity contribution in [3.8, 4) is 11.5 Å². The van der Waals surface area contributed by atoms with E-state index in [-0.39, 0.29) is 24.5 Å². The van der Waals surface area contributed by atoms with Crippen molar-refractivity contribution < 1.29 is 19.1 Å². The van der Waals surface area contributed by atoms with E-state index in [1.165, 1.54) is 12.8 Å². The van der Waals surface area contributed by atoms with Crippen LogP contribution in [0.4, 0.5) is 0 Å². The summed E-state index contributed by atoms with van der Waals surface area (Å²) in [4.78, 5) is 29.3. The lowest BCUT2D eigenvalue weighted by Crippen LogP contribution is -2.58. The number of hydrogen-bond acceptors (Lipinski definition) is 5. The molecule has 1 aromatic rings. The van der Waals surface area contributed by atoms with Crippen LogP contribution in [0.2, 0.25) is 0 Å². The SMILES string of the molecule is C[C@@H](C(=O)NC1CCCC1)N1CCN(C(=O)[C@@H]2COc3ccccc3O2)CC1. The Morgan fingerprint density at radius 1 is 1.07 bits per heavy atom. The molecule has 1 saturated heterocycles. The first-order valence-corrected chi connectivity index (χ1v) is 10.3. The predicted octanol–water partition coefficient (Wildman–Crippen LogP) is 1.42. The van der Waals surface area contributed by atoms with Gasteiger partial charge in [0.05, 0.1) is 6.04 Å². The van der Waals surface area contributed by atoms with Crippen LogP contribution in [-0.2, 0) is 9.59 Å². The molecule has 2 amide bonds. The summed E-state index contributed by atoms with van der Waals surface area (Å²) in [6.45, 7) is 4.76. The first kappa shape index (κ1) is 19.1. The Balaban J connectivity index is 1.26. The van der Waals surface area contributed by atoms with E-state index >= 15 is 0 Å². The molecule has 7 heteroatoms. The minimum absolute atomic E-state index is 0.0442. The number of nitrogens with zero attached hydrogens (tertiary/aromatic N) is 2. The number of para-hydroxylation sites is 2. The van der Waals surface area contributed by atoms with E-state index in [2.05, 4.69) is 10.2 Å². The molecule has 0 bridgehead atoms. The molecule has 28 heavy (non-hydrogen) atoms. The van der Waals surface area contributed by atoms with Crippen molar-refractivity contribution in [2.45, 2.75) is 50.8 Å². The summed E-state index contributed by atoms with van der Waals surface area (Å²) in [7, 11) is 0. The number of piperazine rings is 1. The van der Waals surface area contributed by atoms with Crippen molar-refractivity contribution in [1.29, 1.82) is 0 Å². The highest BCUT2D eigenvalue weighted by Gasteiger charge is 2.34. The molecule has 2 aliphatic heterocycles. The van der Waals surface area contributed by atoms with Crippen molar-refractivity contribution in [3.05, 3.63) is 24.3 Å². The molecule has 0 spiro atoms. The maximum absolute atomic E-state index is 12.8. The molecule has 1 N–H and O–H groups in total. The van der Waals surface area contributed by atoms with Gasteiger partial charge >= 0.3 is 0 Å². The maximum atomic E-state index is 12.8. The van der Waals surface area contributed by atoms with Crippen LogP contribution >= 0.6 is 0 Å². The third-order valence-electron chi connectivity index (χ3n) is 6.04. The van der Waals surface area contributed by atoms with Crippen LogP contribution in [0.1, 0.15) is 32.6 Å². The monoisotopic (exact) mass is 387 g/mol. The van der Waals surface area contributed by atoms with E-state index in [4.69, 9.17) is 9.47 Å². The molecule has 4 rings (SSSR count). The summed E-state index contributed by atoms with van der Waals surface area (Å²) in [5, 5.41) is 3.17. The Bertz CT molecular complexity index is 711. The molecule has 3 aliphatic rings. The number of rotatable bonds is 4. The van der Waals surface area contributed by atoms with E-state index in [1.807, 2.05) is 36.1 Å². The molecule has 0 radical (unpaired) electrons. The van der Waals surface area contributed by atoms with Gasteiger partial charge in [0, 0.05) is 32.2 Å². The number of carbonyl (C=O) groups is 2. The summed E-state index contributed by atoms with van der Waals surface area (Å²) in [6.07, 6.45) is 3.99. The van der Waals surface area contributed by atoms with Gasteiger partial charge in [-0.05, 0) is 31.9 Å². The lowest BCUT2D eigenvalue weighted by molar-refractivity contribution is -0.143. The van der Waals surface area contributed by atoms with Gasteiger partial charge in [-0.1, -0.05) is 25.0 Å². The molecule has 0 unspecified atom stereocenters. The number of ether oxygens (including phenoxy) is 2. The first-order valence-electron chi connectivity index (χ1n) is 10.3. The average Bonchev–Trinajstić information content (AvgIpc) is 3.25. The molecular weight excluding hydrogens is 358 g/mol. The second-order valence-electron chi connectivity index (χ2n) is 7.89. The van der Waals surface area contributed by atoms with Gasteiger partial charge in [-0.2, -0.15) is 0 Å². The van der Waals surface area contributed by atoms with Crippen LogP contribution in [0, 0.1) is 0 Å². The average molecular weight is 387 g/mol. The lowest BCUT2D eigenvalue weighted by Gasteiger charge is -2.39. The van der Waals surface area contributed by atoms with Gasteiger partial charge in [0.2, 0.25) is 12.0 Å².